The lowest BCUT2D eigenvalue weighted by molar-refractivity contribution is -0.135. The summed E-state index contributed by atoms with van der Waals surface area (Å²) in [5.74, 6) is 0.270. The van der Waals surface area contributed by atoms with Gasteiger partial charge in [-0.3, -0.25) is 9.59 Å². The molecule has 3 rings (SSSR count). The van der Waals surface area contributed by atoms with E-state index in [9.17, 15) is 9.59 Å². The number of hydrogen-bond donors (Lipinski definition) is 1. The number of rotatable bonds is 8. The molecule has 156 valence electrons. The number of carbonyl (C=O) groups is 2. The van der Waals surface area contributed by atoms with E-state index in [4.69, 9.17) is 4.52 Å². The molecular formula is C24H27N3O3. The van der Waals surface area contributed by atoms with Crippen LogP contribution in [0.3, 0.4) is 0 Å². The Kier molecular flexibility index (Phi) is 7.01. The van der Waals surface area contributed by atoms with E-state index in [1.807, 2.05) is 74.5 Å². The average Bonchev–Trinajstić information content (AvgIpc) is 3.13. The van der Waals surface area contributed by atoms with E-state index in [0.29, 0.717) is 18.1 Å². The third-order valence-electron chi connectivity index (χ3n) is 4.64. The number of carbonyl (C=O) groups excluding carboxylic acids is 2. The van der Waals surface area contributed by atoms with Crippen molar-refractivity contribution in [2.75, 3.05) is 18.4 Å². The Balaban J connectivity index is 1.86. The van der Waals surface area contributed by atoms with Gasteiger partial charge in [0, 0.05) is 12.6 Å². The van der Waals surface area contributed by atoms with Gasteiger partial charge in [0.25, 0.3) is 0 Å². The summed E-state index contributed by atoms with van der Waals surface area (Å²) in [6.45, 7) is 6.22. The fourth-order valence-electron chi connectivity index (χ4n) is 3.41. The fraction of sp³-hybridized carbons (Fsp3) is 0.292. The van der Waals surface area contributed by atoms with Crippen LogP contribution in [0.5, 0.6) is 0 Å². The van der Waals surface area contributed by atoms with Crippen LogP contribution in [0.2, 0.25) is 0 Å². The molecule has 0 aliphatic rings. The summed E-state index contributed by atoms with van der Waals surface area (Å²) in [5, 5.41) is 6.49. The monoisotopic (exact) mass is 405 g/mol. The van der Waals surface area contributed by atoms with Gasteiger partial charge in [-0.05, 0) is 24.0 Å². The van der Waals surface area contributed by atoms with Gasteiger partial charge >= 0.3 is 0 Å². The molecule has 6 heteroatoms. The number of amides is 2. The second kappa shape index (κ2) is 9.87. The van der Waals surface area contributed by atoms with Crippen molar-refractivity contribution in [2.24, 2.45) is 5.92 Å². The lowest BCUT2D eigenvalue weighted by Gasteiger charge is -2.29. The van der Waals surface area contributed by atoms with Gasteiger partial charge in [0.1, 0.15) is 5.76 Å². The van der Waals surface area contributed by atoms with Crippen LogP contribution in [-0.4, -0.2) is 35.0 Å². The molecule has 1 N–H and O–H groups in total. The zero-order valence-electron chi connectivity index (χ0n) is 17.5. The normalized spacial score (nSPS) is 11.0. The Morgan fingerprint density at radius 3 is 2.03 bits per heavy atom. The van der Waals surface area contributed by atoms with Crippen LogP contribution in [0.4, 0.5) is 5.82 Å². The molecule has 0 aliphatic heterocycles. The molecule has 0 saturated carbocycles. The molecule has 0 saturated heterocycles. The summed E-state index contributed by atoms with van der Waals surface area (Å²) in [4.78, 5) is 27.9. The summed E-state index contributed by atoms with van der Waals surface area (Å²) in [5.41, 5.74) is 1.80. The third-order valence-corrected chi connectivity index (χ3v) is 4.64. The Morgan fingerprint density at radius 1 is 1.00 bits per heavy atom. The van der Waals surface area contributed by atoms with E-state index in [1.54, 1.807) is 17.9 Å². The predicted octanol–water partition coefficient (Wildman–Crippen LogP) is 4.24. The van der Waals surface area contributed by atoms with Crippen LogP contribution < -0.4 is 5.32 Å². The first kappa shape index (κ1) is 21.3. The van der Waals surface area contributed by atoms with Gasteiger partial charge in [-0.1, -0.05) is 79.7 Å². The van der Waals surface area contributed by atoms with Crippen molar-refractivity contribution in [2.45, 2.75) is 26.7 Å². The minimum absolute atomic E-state index is 0.0565. The molecule has 0 radical (unpaired) electrons. The molecular weight excluding hydrogens is 378 g/mol. The summed E-state index contributed by atoms with van der Waals surface area (Å²) in [6, 6.07) is 21.0. The number of aryl methyl sites for hydroxylation is 1. The number of benzene rings is 2. The zero-order chi connectivity index (χ0) is 21.5. The Labute approximate surface area is 176 Å². The van der Waals surface area contributed by atoms with Crippen molar-refractivity contribution in [3.05, 3.63) is 83.6 Å². The highest BCUT2D eigenvalue weighted by Crippen LogP contribution is 2.27. The van der Waals surface area contributed by atoms with Crippen molar-refractivity contribution in [1.82, 2.24) is 10.1 Å². The molecule has 0 fully saturated rings. The first-order chi connectivity index (χ1) is 14.4. The highest BCUT2D eigenvalue weighted by Gasteiger charge is 2.29. The van der Waals surface area contributed by atoms with Gasteiger partial charge in [0.15, 0.2) is 5.82 Å². The van der Waals surface area contributed by atoms with Gasteiger partial charge in [0.2, 0.25) is 11.8 Å². The standard InChI is InChI=1S/C24H27N3O3/c1-17(2)15-27(16-22(28)25-21-14-18(3)30-26-21)24(29)23(19-10-6-4-7-11-19)20-12-8-5-9-13-20/h4-14,17,23H,15-16H2,1-3H3,(H,25,26,28). The van der Waals surface area contributed by atoms with Crippen molar-refractivity contribution in [3.8, 4) is 0 Å². The van der Waals surface area contributed by atoms with Crippen molar-refractivity contribution >= 4 is 17.6 Å². The van der Waals surface area contributed by atoms with Gasteiger partial charge in [0.05, 0.1) is 12.5 Å². The van der Waals surface area contributed by atoms with E-state index in [2.05, 4.69) is 10.5 Å². The molecule has 6 nitrogen and oxygen atoms in total. The van der Waals surface area contributed by atoms with Gasteiger partial charge in [-0.15, -0.1) is 0 Å². The molecule has 0 aliphatic carbocycles. The zero-order valence-corrected chi connectivity index (χ0v) is 17.5. The minimum Gasteiger partial charge on any atom is -0.360 e. The Hall–Kier alpha value is -3.41. The first-order valence-corrected chi connectivity index (χ1v) is 10.1. The summed E-state index contributed by atoms with van der Waals surface area (Å²) < 4.78 is 4.99. The van der Waals surface area contributed by atoms with Crippen molar-refractivity contribution in [3.63, 3.8) is 0 Å². The molecule has 3 aromatic rings. The average molecular weight is 405 g/mol. The van der Waals surface area contributed by atoms with Crippen molar-refractivity contribution < 1.29 is 14.1 Å². The third kappa shape index (κ3) is 5.56. The summed E-state index contributed by atoms with van der Waals surface area (Å²) in [7, 11) is 0. The molecule has 1 aromatic heterocycles. The van der Waals surface area contributed by atoms with E-state index >= 15 is 0 Å². The maximum atomic E-state index is 13.7. The topological polar surface area (TPSA) is 75.4 Å². The van der Waals surface area contributed by atoms with Gasteiger partial charge in [-0.25, -0.2) is 0 Å². The van der Waals surface area contributed by atoms with Crippen molar-refractivity contribution in [1.29, 1.82) is 0 Å². The largest absolute Gasteiger partial charge is 0.360 e. The second-order valence-corrected chi connectivity index (χ2v) is 7.74. The molecule has 0 spiro atoms. The molecule has 1 heterocycles. The van der Waals surface area contributed by atoms with Crippen LogP contribution in [0.1, 0.15) is 36.7 Å². The SMILES string of the molecule is Cc1cc(NC(=O)CN(CC(C)C)C(=O)C(c2ccccc2)c2ccccc2)no1. The first-order valence-electron chi connectivity index (χ1n) is 10.1. The van der Waals surface area contributed by atoms with Crippen LogP contribution in [0.25, 0.3) is 0 Å². The maximum absolute atomic E-state index is 13.7. The lowest BCUT2D eigenvalue weighted by atomic mass is 9.89. The second-order valence-electron chi connectivity index (χ2n) is 7.74. The Bertz CT molecular complexity index is 928. The number of hydrogen-bond acceptors (Lipinski definition) is 4. The predicted molar refractivity (Wildman–Crippen MR) is 116 cm³/mol. The van der Waals surface area contributed by atoms with Crippen LogP contribution in [0, 0.1) is 12.8 Å². The quantitative estimate of drug-likeness (QED) is 0.608. The number of aromatic nitrogens is 1. The smallest absolute Gasteiger partial charge is 0.245 e. The number of nitrogens with one attached hydrogen (secondary N) is 1. The summed E-state index contributed by atoms with van der Waals surface area (Å²) >= 11 is 0. The van der Waals surface area contributed by atoms with Crippen LogP contribution in [-0.2, 0) is 9.59 Å². The van der Waals surface area contributed by atoms with Gasteiger partial charge in [-0.2, -0.15) is 0 Å². The molecule has 0 unspecified atom stereocenters. The van der Waals surface area contributed by atoms with E-state index < -0.39 is 5.92 Å². The molecule has 0 bridgehead atoms. The molecule has 2 amide bonds. The van der Waals surface area contributed by atoms with Crippen LogP contribution in [0.15, 0.2) is 71.3 Å². The van der Waals surface area contributed by atoms with Crippen LogP contribution >= 0.6 is 0 Å². The fourth-order valence-corrected chi connectivity index (χ4v) is 3.41. The summed E-state index contributed by atoms with van der Waals surface area (Å²) in [6.07, 6.45) is 0. The van der Waals surface area contributed by atoms with E-state index in [1.165, 1.54) is 0 Å². The van der Waals surface area contributed by atoms with Gasteiger partial charge < -0.3 is 14.7 Å². The van der Waals surface area contributed by atoms with E-state index in [0.717, 1.165) is 11.1 Å². The maximum Gasteiger partial charge on any atom is 0.245 e. The number of anilines is 1. The molecule has 30 heavy (non-hydrogen) atoms. The van der Waals surface area contributed by atoms with E-state index in [-0.39, 0.29) is 24.3 Å². The lowest BCUT2D eigenvalue weighted by Crippen LogP contribution is -2.42. The molecule has 2 aromatic carbocycles. The highest BCUT2D eigenvalue weighted by atomic mass is 16.5. The highest BCUT2D eigenvalue weighted by molar-refractivity contribution is 5.95. The molecule has 0 atom stereocenters. The Morgan fingerprint density at radius 2 is 1.57 bits per heavy atom. The number of nitrogens with zero attached hydrogens (tertiary/aromatic N) is 2. The minimum atomic E-state index is -0.478.